The normalized spacial score (nSPS) is 15.7. The molecule has 1 aliphatic heterocycles. The van der Waals surface area contributed by atoms with E-state index >= 15 is 0 Å². The molecule has 0 radical (unpaired) electrons. The zero-order valence-electron chi connectivity index (χ0n) is 16.2. The summed E-state index contributed by atoms with van der Waals surface area (Å²) < 4.78 is 1.90. The van der Waals surface area contributed by atoms with Crippen LogP contribution in [0.3, 0.4) is 0 Å². The third-order valence-electron chi connectivity index (χ3n) is 4.65. The van der Waals surface area contributed by atoms with E-state index in [-0.39, 0.29) is 17.7 Å². The number of halogens is 2. The quantitative estimate of drug-likeness (QED) is 0.564. The van der Waals surface area contributed by atoms with Crippen LogP contribution in [0, 0.1) is 0 Å². The van der Waals surface area contributed by atoms with Gasteiger partial charge in [0.15, 0.2) is 5.82 Å². The number of carbonyl (C=O) groups is 1. The van der Waals surface area contributed by atoms with Crippen molar-refractivity contribution in [3.05, 3.63) is 54.0 Å². The largest absolute Gasteiger partial charge is 0.342 e. The molecule has 148 valence electrons. The van der Waals surface area contributed by atoms with Gasteiger partial charge in [-0.2, -0.15) is 0 Å². The van der Waals surface area contributed by atoms with Crippen LogP contribution in [-0.2, 0) is 11.2 Å². The van der Waals surface area contributed by atoms with Gasteiger partial charge in [0.2, 0.25) is 5.91 Å². The molecule has 1 aliphatic rings. The minimum atomic E-state index is -0.311. The van der Waals surface area contributed by atoms with Gasteiger partial charge in [0.05, 0.1) is 28.2 Å². The molecule has 0 N–H and O–H groups in total. The molecule has 1 amide bonds. The highest BCUT2D eigenvalue weighted by molar-refractivity contribution is 6.49. The van der Waals surface area contributed by atoms with Crippen molar-refractivity contribution in [3.63, 3.8) is 0 Å². The van der Waals surface area contributed by atoms with Crippen LogP contribution in [0.5, 0.6) is 0 Å². The first kappa shape index (κ1) is 20.7. The maximum absolute atomic E-state index is 13.1. The average Bonchev–Trinajstić information content (AvgIpc) is 2.98. The third kappa shape index (κ3) is 4.50. The van der Waals surface area contributed by atoms with Crippen molar-refractivity contribution in [3.8, 4) is 11.3 Å². The summed E-state index contributed by atoms with van der Waals surface area (Å²) in [6, 6.07) is 9.89. The highest BCUT2D eigenvalue weighted by Crippen LogP contribution is 2.32. The first-order valence-corrected chi connectivity index (χ1v) is 10.5. The number of imidazole rings is 1. The summed E-state index contributed by atoms with van der Waals surface area (Å²) in [6.07, 6.45) is 7.60. The molecular formula is C22H25Cl2N3O. The van der Waals surface area contributed by atoms with Crippen molar-refractivity contribution in [2.45, 2.75) is 38.5 Å². The molecule has 3 rings (SSSR count). The summed E-state index contributed by atoms with van der Waals surface area (Å²) in [6.45, 7) is 5.69. The number of amides is 1. The molecule has 0 spiro atoms. The minimum absolute atomic E-state index is 0.101. The fraction of sp³-hybridized carbons (Fsp3) is 0.364. The summed E-state index contributed by atoms with van der Waals surface area (Å²) in [7, 11) is 0. The van der Waals surface area contributed by atoms with Gasteiger partial charge in [-0.15, -0.1) is 11.6 Å². The molecule has 4 nitrogen and oxygen atoms in total. The molecular weight excluding hydrogens is 393 g/mol. The number of alkyl halides is 1. The smallest absolute Gasteiger partial charge is 0.228 e. The molecule has 1 aromatic heterocycles. The summed E-state index contributed by atoms with van der Waals surface area (Å²) in [5.41, 5.74) is 2.57. The number of allylic oxidation sites excluding steroid dienone is 2. The molecule has 6 heteroatoms. The van der Waals surface area contributed by atoms with E-state index in [0.29, 0.717) is 10.9 Å². The van der Waals surface area contributed by atoms with Gasteiger partial charge < -0.3 is 9.47 Å². The highest BCUT2D eigenvalue weighted by atomic mass is 35.5. The van der Waals surface area contributed by atoms with E-state index in [4.69, 9.17) is 28.2 Å². The standard InChI is InChI=1S/C22H25Cl2N3O/c1-3-11-26(12-4-2)20(28)15-19-21(16-8-6-5-7-9-16)25-22-18(24)14-17(23)10-13-27(19)22/h5-10,13-14,17H,3-4,11-12,15H2,1-2H3. The van der Waals surface area contributed by atoms with Crippen LogP contribution in [0.2, 0.25) is 0 Å². The van der Waals surface area contributed by atoms with E-state index in [1.807, 2.05) is 52.1 Å². The first-order chi connectivity index (χ1) is 13.5. The van der Waals surface area contributed by atoms with Crippen molar-refractivity contribution in [2.75, 3.05) is 13.1 Å². The third-order valence-corrected chi connectivity index (χ3v) is 5.22. The van der Waals surface area contributed by atoms with Crippen LogP contribution in [0.4, 0.5) is 0 Å². The van der Waals surface area contributed by atoms with E-state index in [0.717, 1.165) is 42.9 Å². The fourth-order valence-corrected chi connectivity index (χ4v) is 3.91. The van der Waals surface area contributed by atoms with Crippen molar-refractivity contribution >= 4 is 40.3 Å². The maximum atomic E-state index is 13.1. The Morgan fingerprint density at radius 2 is 1.86 bits per heavy atom. The van der Waals surface area contributed by atoms with Crippen LogP contribution in [0.25, 0.3) is 22.5 Å². The zero-order chi connectivity index (χ0) is 20.1. The van der Waals surface area contributed by atoms with Crippen LogP contribution in [0.1, 0.15) is 38.2 Å². The summed E-state index contributed by atoms with van der Waals surface area (Å²) >= 11 is 12.7. The molecule has 0 saturated heterocycles. The van der Waals surface area contributed by atoms with Gasteiger partial charge in [-0.1, -0.05) is 55.8 Å². The fourth-order valence-electron chi connectivity index (χ4n) is 3.39. The Kier molecular flexibility index (Phi) is 6.97. The predicted octanol–water partition coefficient (Wildman–Crippen LogP) is 5.41. The predicted molar refractivity (Wildman–Crippen MR) is 117 cm³/mol. The summed E-state index contributed by atoms with van der Waals surface area (Å²) in [4.78, 5) is 19.8. The molecule has 1 aromatic carbocycles. The number of carbonyl (C=O) groups excluding carboxylic acids is 1. The molecule has 0 saturated carbocycles. The van der Waals surface area contributed by atoms with Crippen LogP contribution in [0.15, 0.2) is 42.5 Å². The SMILES string of the molecule is CCCN(CCC)C(=O)Cc1c(-c2ccccc2)nc2n1C=CC(Cl)C=C2Cl. The molecule has 0 bridgehead atoms. The van der Waals surface area contributed by atoms with E-state index < -0.39 is 0 Å². The summed E-state index contributed by atoms with van der Waals surface area (Å²) in [5.74, 6) is 0.712. The molecule has 0 fully saturated rings. The number of benzene rings is 1. The molecule has 2 heterocycles. The van der Waals surface area contributed by atoms with E-state index in [9.17, 15) is 4.79 Å². The average molecular weight is 418 g/mol. The number of aromatic nitrogens is 2. The van der Waals surface area contributed by atoms with Crippen molar-refractivity contribution in [1.82, 2.24) is 14.5 Å². The van der Waals surface area contributed by atoms with E-state index in [1.165, 1.54) is 0 Å². The van der Waals surface area contributed by atoms with Crippen LogP contribution < -0.4 is 0 Å². The highest BCUT2D eigenvalue weighted by Gasteiger charge is 2.24. The number of hydrogen-bond acceptors (Lipinski definition) is 2. The van der Waals surface area contributed by atoms with Crippen molar-refractivity contribution in [2.24, 2.45) is 0 Å². The van der Waals surface area contributed by atoms with Gasteiger partial charge in [0, 0.05) is 24.9 Å². The van der Waals surface area contributed by atoms with E-state index in [2.05, 4.69) is 13.8 Å². The number of fused-ring (bicyclic) bond motifs is 1. The number of hydrogen-bond donors (Lipinski definition) is 0. The monoisotopic (exact) mass is 417 g/mol. The lowest BCUT2D eigenvalue weighted by molar-refractivity contribution is -0.130. The van der Waals surface area contributed by atoms with Gasteiger partial charge >= 0.3 is 0 Å². The maximum Gasteiger partial charge on any atom is 0.228 e. The zero-order valence-corrected chi connectivity index (χ0v) is 17.7. The second-order valence-electron chi connectivity index (χ2n) is 6.82. The lowest BCUT2D eigenvalue weighted by Gasteiger charge is -2.22. The Balaban J connectivity index is 2.07. The van der Waals surface area contributed by atoms with Gasteiger partial charge in [0.1, 0.15) is 0 Å². The van der Waals surface area contributed by atoms with Crippen LogP contribution >= 0.6 is 23.2 Å². The first-order valence-electron chi connectivity index (χ1n) is 9.69. The Morgan fingerprint density at radius 3 is 2.50 bits per heavy atom. The van der Waals surface area contributed by atoms with Gasteiger partial charge in [-0.25, -0.2) is 4.98 Å². The Morgan fingerprint density at radius 1 is 1.18 bits per heavy atom. The Hall–Kier alpha value is -2.04. The van der Waals surface area contributed by atoms with E-state index in [1.54, 1.807) is 6.08 Å². The van der Waals surface area contributed by atoms with Crippen molar-refractivity contribution < 1.29 is 4.79 Å². The molecule has 1 unspecified atom stereocenters. The number of nitrogens with zero attached hydrogens (tertiary/aromatic N) is 3. The van der Waals surface area contributed by atoms with Crippen molar-refractivity contribution in [1.29, 1.82) is 0 Å². The second-order valence-corrected chi connectivity index (χ2v) is 7.74. The second kappa shape index (κ2) is 9.44. The Labute approximate surface area is 176 Å². The topological polar surface area (TPSA) is 38.1 Å². The lowest BCUT2D eigenvalue weighted by Crippen LogP contribution is -2.34. The van der Waals surface area contributed by atoms with Gasteiger partial charge in [0.25, 0.3) is 0 Å². The Bertz CT molecular complexity index is 881. The molecule has 1 atom stereocenters. The van der Waals surface area contributed by atoms with Crippen LogP contribution in [-0.4, -0.2) is 38.8 Å². The van der Waals surface area contributed by atoms with Gasteiger partial charge in [-0.05, 0) is 25.0 Å². The number of rotatable bonds is 7. The minimum Gasteiger partial charge on any atom is -0.342 e. The summed E-state index contributed by atoms with van der Waals surface area (Å²) in [5, 5.41) is 0.175. The molecule has 2 aromatic rings. The molecule has 0 aliphatic carbocycles. The lowest BCUT2D eigenvalue weighted by atomic mass is 10.1. The molecule has 28 heavy (non-hydrogen) atoms. The van der Waals surface area contributed by atoms with Gasteiger partial charge in [-0.3, -0.25) is 4.79 Å².